The third-order valence-corrected chi connectivity index (χ3v) is 2.98. The molecule has 2 rings (SSSR count). The Bertz CT molecular complexity index is 624. The van der Waals surface area contributed by atoms with Crippen molar-refractivity contribution in [3.05, 3.63) is 22.7 Å². The Balaban J connectivity index is 2.30. The van der Waals surface area contributed by atoms with Gasteiger partial charge in [-0.2, -0.15) is 19.7 Å². The van der Waals surface area contributed by atoms with E-state index < -0.39 is 42.7 Å². The first-order chi connectivity index (χ1) is 10.3. The highest BCUT2D eigenvalue weighted by Crippen LogP contribution is 2.41. The lowest BCUT2D eigenvalue weighted by atomic mass is 10.1. The number of nitrogens with zero attached hydrogens (tertiary/aromatic N) is 2. The van der Waals surface area contributed by atoms with Crippen molar-refractivity contribution in [1.82, 2.24) is 9.55 Å². The lowest BCUT2D eigenvalue weighted by molar-refractivity contribution is -0.140. The van der Waals surface area contributed by atoms with E-state index in [4.69, 9.17) is 9.84 Å². The first-order valence-electron chi connectivity index (χ1n) is 5.90. The van der Waals surface area contributed by atoms with Gasteiger partial charge >= 0.3 is 17.7 Å². The standard InChI is InChI=1S/C10H12F2N4O6/c11-10(12)6(18)4(3-17)21-7(10)16-2-1-5(14-8(16)19)15-9(20)22-13/h1-2,4,6-7,17-18H,3,13H2,(H,14,15,19,20)/t4?,6-,7?/m0/s1. The van der Waals surface area contributed by atoms with Crippen LogP contribution in [0.25, 0.3) is 0 Å². The summed E-state index contributed by atoms with van der Waals surface area (Å²) in [5.41, 5.74) is -1.18. The number of nitrogens with two attached hydrogens (primary N) is 1. The average molecular weight is 322 g/mol. The molecule has 0 saturated carbocycles. The van der Waals surface area contributed by atoms with Crippen LogP contribution in [0.5, 0.6) is 0 Å². The van der Waals surface area contributed by atoms with Gasteiger partial charge in [0.15, 0.2) is 6.10 Å². The van der Waals surface area contributed by atoms with Gasteiger partial charge in [0.25, 0.3) is 0 Å². The SMILES string of the molecule is NOC(=O)Nc1ccn(C2OC(CO)[C@H](O)C2(F)F)c(=O)n1. The molecule has 10 nitrogen and oxygen atoms in total. The van der Waals surface area contributed by atoms with Crippen LogP contribution >= 0.6 is 0 Å². The summed E-state index contributed by atoms with van der Waals surface area (Å²) in [4.78, 5) is 29.7. The van der Waals surface area contributed by atoms with E-state index in [0.29, 0.717) is 4.57 Å². The summed E-state index contributed by atoms with van der Waals surface area (Å²) in [5, 5.41) is 20.2. The zero-order chi connectivity index (χ0) is 16.5. The van der Waals surface area contributed by atoms with Crippen LogP contribution < -0.4 is 16.9 Å². The van der Waals surface area contributed by atoms with Gasteiger partial charge in [-0.3, -0.25) is 9.88 Å². The molecular weight excluding hydrogens is 310 g/mol. The number of ether oxygens (including phenoxy) is 1. The molecule has 22 heavy (non-hydrogen) atoms. The number of anilines is 1. The Morgan fingerprint density at radius 3 is 2.82 bits per heavy atom. The minimum Gasteiger partial charge on any atom is -0.394 e. The molecule has 1 saturated heterocycles. The molecule has 1 aliphatic heterocycles. The van der Waals surface area contributed by atoms with Crippen LogP contribution in [0, 0.1) is 0 Å². The quantitative estimate of drug-likeness (QED) is 0.494. The molecule has 1 aliphatic rings. The number of hydrogen-bond acceptors (Lipinski definition) is 8. The second-order valence-corrected chi connectivity index (χ2v) is 4.36. The Morgan fingerprint density at radius 1 is 1.64 bits per heavy atom. The summed E-state index contributed by atoms with van der Waals surface area (Å²) < 4.78 is 33.0. The van der Waals surface area contributed by atoms with Gasteiger partial charge in [-0.15, -0.1) is 0 Å². The van der Waals surface area contributed by atoms with E-state index in [1.165, 1.54) is 0 Å². The molecule has 0 bridgehead atoms. The highest BCUT2D eigenvalue weighted by Gasteiger charge is 2.59. The number of carbonyl (C=O) groups excluding carboxylic acids is 1. The second kappa shape index (κ2) is 5.92. The fourth-order valence-electron chi connectivity index (χ4n) is 1.91. The molecule has 1 fully saturated rings. The highest BCUT2D eigenvalue weighted by atomic mass is 19.3. The van der Waals surface area contributed by atoms with Crippen LogP contribution in [0.1, 0.15) is 6.23 Å². The Labute approximate surface area is 121 Å². The van der Waals surface area contributed by atoms with Crippen LogP contribution in [-0.2, 0) is 9.57 Å². The summed E-state index contributed by atoms with van der Waals surface area (Å²) in [6, 6.07) is 1.02. The van der Waals surface area contributed by atoms with Gasteiger partial charge in [0.1, 0.15) is 11.9 Å². The molecule has 2 heterocycles. The zero-order valence-electron chi connectivity index (χ0n) is 10.8. The molecule has 0 aromatic carbocycles. The molecule has 2 unspecified atom stereocenters. The third kappa shape index (κ3) is 2.76. The maximum Gasteiger partial charge on any atom is 0.431 e. The van der Waals surface area contributed by atoms with Crippen molar-refractivity contribution >= 4 is 11.9 Å². The Kier molecular flexibility index (Phi) is 4.37. The van der Waals surface area contributed by atoms with Crippen molar-refractivity contribution in [1.29, 1.82) is 0 Å². The summed E-state index contributed by atoms with van der Waals surface area (Å²) in [6.07, 6.45) is -6.19. The minimum absolute atomic E-state index is 0.280. The number of amides is 1. The molecular formula is C10H12F2N4O6. The molecule has 1 amide bonds. The topological polar surface area (TPSA) is 149 Å². The fraction of sp³-hybridized carbons (Fsp3) is 0.500. The van der Waals surface area contributed by atoms with E-state index in [-0.39, 0.29) is 5.82 Å². The molecule has 12 heteroatoms. The van der Waals surface area contributed by atoms with Crippen molar-refractivity contribution in [2.75, 3.05) is 11.9 Å². The number of aromatic nitrogens is 2. The van der Waals surface area contributed by atoms with Crippen molar-refractivity contribution in [3.63, 3.8) is 0 Å². The lowest BCUT2D eigenvalue weighted by Crippen LogP contribution is -2.41. The number of nitrogens with one attached hydrogen (secondary N) is 1. The van der Waals surface area contributed by atoms with Gasteiger partial charge in [0.05, 0.1) is 6.61 Å². The van der Waals surface area contributed by atoms with Crippen molar-refractivity contribution in [3.8, 4) is 0 Å². The molecule has 122 valence electrons. The fourth-order valence-corrected chi connectivity index (χ4v) is 1.91. The third-order valence-electron chi connectivity index (χ3n) is 2.98. The van der Waals surface area contributed by atoms with E-state index in [1.807, 2.05) is 5.32 Å². The average Bonchev–Trinajstić information content (AvgIpc) is 2.70. The Hall–Kier alpha value is -2.15. The molecule has 0 spiro atoms. The predicted octanol–water partition coefficient (Wildman–Crippen LogP) is -1.45. The van der Waals surface area contributed by atoms with E-state index in [2.05, 4.69) is 15.7 Å². The molecule has 0 aliphatic carbocycles. The van der Waals surface area contributed by atoms with Crippen molar-refractivity contribution in [2.45, 2.75) is 24.4 Å². The van der Waals surface area contributed by atoms with E-state index >= 15 is 0 Å². The van der Waals surface area contributed by atoms with Crippen LogP contribution in [0.2, 0.25) is 0 Å². The van der Waals surface area contributed by atoms with Crippen LogP contribution in [0.15, 0.2) is 17.1 Å². The predicted molar refractivity (Wildman–Crippen MR) is 64.7 cm³/mol. The van der Waals surface area contributed by atoms with Gasteiger partial charge < -0.3 is 19.8 Å². The number of aliphatic hydroxyl groups is 2. The number of carbonyl (C=O) groups is 1. The molecule has 0 radical (unpaired) electrons. The van der Waals surface area contributed by atoms with Gasteiger partial charge in [-0.05, 0) is 6.07 Å². The summed E-state index contributed by atoms with van der Waals surface area (Å²) >= 11 is 0. The van der Waals surface area contributed by atoms with Gasteiger partial charge in [-0.1, -0.05) is 0 Å². The maximum atomic E-state index is 13.9. The number of hydrogen-bond donors (Lipinski definition) is 4. The van der Waals surface area contributed by atoms with E-state index in [0.717, 1.165) is 12.3 Å². The second-order valence-electron chi connectivity index (χ2n) is 4.36. The molecule has 1 aromatic rings. The number of aliphatic hydroxyl groups excluding tert-OH is 2. The lowest BCUT2D eigenvalue weighted by Gasteiger charge is -2.21. The first-order valence-corrected chi connectivity index (χ1v) is 5.90. The first kappa shape index (κ1) is 16.2. The minimum atomic E-state index is -3.82. The van der Waals surface area contributed by atoms with E-state index in [9.17, 15) is 23.5 Å². The zero-order valence-corrected chi connectivity index (χ0v) is 10.8. The molecule has 1 aromatic heterocycles. The monoisotopic (exact) mass is 322 g/mol. The Morgan fingerprint density at radius 2 is 2.32 bits per heavy atom. The maximum absolute atomic E-state index is 13.9. The van der Waals surface area contributed by atoms with Gasteiger partial charge in [-0.25, -0.2) is 9.59 Å². The van der Waals surface area contributed by atoms with Crippen LogP contribution in [-0.4, -0.2) is 50.6 Å². The number of halogens is 2. The number of alkyl halides is 2. The van der Waals surface area contributed by atoms with Crippen LogP contribution in [0.3, 0.4) is 0 Å². The van der Waals surface area contributed by atoms with Crippen molar-refractivity contribution < 1.29 is 33.4 Å². The normalized spacial score (nSPS) is 26.7. The van der Waals surface area contributed by atoms with Crippen molar-refractivity contribution in [2.24, 2.45) is 5.90 Å². The summed E-state index contributed by atoms with van der Waals surface area (Å²) in [7, 11) is 0. The molecule has 5 N–H and O–H groups in total. The number of rotatable bonds is 3. The van der Waals surface area contributed by atoms with Crippen LogP contribution in [0.4, 0.5) is 19.4 Å². The smallest absolute Gasteiger partial charge is 0.394 e. The van der Waals surface area contributed by atoms with Gasteiger partial charge in [0.2, 0.25) is 6.23 Å². The summed E-state index contributed by atoms with van der Waals surface area (Å²) in [5.74, 6) is 0.479. The summed E-state index contributed by atoms with van der Waals surface area (Å²) in [6.45, 7) is -0.850. The van der Waals surface area contributed by atoms with Gasteiger partial charge in [0, 0.05) is 6.20 Å². The largest absolute Gasteiger partial charge is 0.431 e. The van der Waals surface area contributed by atoms with E-state index in [1.54, 1.807) is 0 Å². The molecule has 3 atom stereocenters. The highest BCUT2D eigenvalue weighted by molar-refractivity contribution is 5.82.